The van der Waals surface area contributed by atoms with Crippen LogP contribution in [-0.4, -0.2) is 42.2 Å². The summed E-state index contributed by atoms with van der Waals surface area (Å²) in [6.45, 7) is 6.40. The smallest absolute Gasteiger partial charge is 0.234 e. The molecule has 2 aromatic rings. The Morgan fingerprint density at radius 2 is 2.04 bits per heavy atom. The van der Waals surface area contributed by atoms with E-state index < -0.39 is 0 Å². The number of nitrogens with one attached hydrogen (secondary N) is 1. The fourth-order valence-corrected chi connectivity index (χ4v) is 3.89. The first kappa shape index (κ1) is 17.9. The van der Waals surface area contributed by atoms with E-state index >= 15 is 0 Å². The minimum Gasteiger partial charge on any atom is -0.396 e. The highest BCUT2D eigenvalue weighted by atomic mass is 16.3. The molecule has 1 saturated heterocycles. The molecule has 0 aromatic heterocycles. The molecule has 1 amide bonds. The molecular weight excluding hydrogens is 312 g/mol. The van der Waals surface area contributed by atoms with Crippen LogP contribution in [0.4, 0.5) is 0 Å². The van der Waals surface area contributed by atoms with Gasteiger partial charge in [-0.2, -0.15) is 0 Å². The predicted molar refractivity (Wildman–Crippen MR) is 101 cm³/mol. The van der Waals surface area contributed by atoms with E-state index in [1.54, 1.807) is 0 Å². The lowest BCUT2D eigenvalue weighted by molar-refractivity contribution is -0.123. The number of likely N-dealkylation sites (tertiary alicyclic amines) is 1. The number of aliphatic hydroxyl groups excluding tert-OH is 1. The monoisotopic (exact) mass is 340 g/mol. The molecule has 0 spiro atoms. The van der Waals surface area contributed by atoms with Crippen molar-refractivity contribution in [3.63, 3.8) is 0 Å². The number of carbonyl (C=O) groups is 1. The van der Waals surface area contributed by atoms with E-state index in [1.165, 1.54) is 10.8 Å². The van der Waals surface area contributed by atoms with Crippen molar-refractivity contribution in [3.8, 4) is 0 Å². The maximum absolute atomic E-state index is 12.5. The second-order valence-electron chi connectivity index (χ2n) is 7.64. The molecule has 4 heteroatoms. The number of fused-ring (bicyclic) bond motifs is 1. The number of aliphatic hydroxyl groups is 1. The van der Waals surface area contributed by atoms with E-state index in [0.717, 1.165) is 31.5 Å². The first-order valence-electron chi connectivity index (χ1n) is 9.11. The molecule has 1 aliphatic rings. The molecule has 2 N–H and O–H groups in total. The summed E-state index contributed by atoms with van der Waals surface area (Å²) in [5.41, 5.74) is 1.06. The molecule has 4 nitrogen and oxygen atoms in total. The molecule has 1 fully saturated rings. The second kappa shape index (κ2) is 7.54. The van der Waals surface area contributed by atoms with E-state index in [4.69, 9.17) is 0 Å². The molecule has 0 saturated carbocycles. The van der Waals surface area contributed by atoms with Gasteiger partial charge in [0, 0.05) is 18.6 Å². The average molecular weight is 340 g/mol. The molecule has 134 valence electrons. The van der Waals surface area contributed by atoms with Crippen LogP contribution in [-0.2, 0) is 4.79 Å². The van der Waals surface area contributed by atoms with Gasteiger partial charge in [-0.25, -0.2) is 0 Å². The molecule has 0 aliphatic carbocycles. The van der Waals surface area contributed by atoms with Gasteiger partial charge in [-0.1, -0.05) is 49.4 Å². The van der Waals surface area contributed by atoms with Crippen LogP contribution in [0.1, 0.15) is 38.3 Å². The van der Waals surface area contributed by atoms with E-state index in [1.807, 2.05) is 25.1 Å². The first-order valence-corrected chi connectivity index (χ1v) is 9.11. The largest absolute Gasteiger partial charge is 0.396 e. The Morgan fingerprint density at radius 1 is 1.28 bits per heavy atom. The van der Waals surface area contributed by atoms with Crippen molar-refractivity contribution < 1.29 is 9.90 Å². The summed E-state index contributed by atoms with van der Waals surface area (Å²) in [6.07, 6.45) is 2.05. The maximum Gasteiger partial charge on any atom is 0.234 e. The van der Waals surface area contributed by atoms with Crippen LogP contribution in [0, 0.1) is 5.41 Å². The minimum atomic E-state index is -0.0836. The van der Waals surface area contributed by atoms with Crippen LogP contribution >= 0.6 is 0 Å². The van der Waals surface area contributed by atoms with Gasteiger partial charge in [0.15, 0.2) is 0 Å². The van der Waals surface area contributed by atoms with Crippen molar-refractivity contribution in [2.75, 3.05) is 26.2 Å². The zero-order valence-electron chi connectivity index (χ0n) is 15.2. The van der Waals surface area contributed by atoms with Crippen molar-refractivity contribution in [1.82, 2.24) is 10.2 Å². The molecule has 2 aromatic carbocycles. The van der Waals surface area contributed by atoms with Crippen LogP contribution in [0.15, 0.2) is 42.5 Å². The minimum absolute atomic E-state index is 0.0346. The molecule has 3 rings (SSSR count). The summed E-state index contributed by atoms with van der Waals surface area (Å²) < 4.78 is 0. The van der Waals surface area contributed by atoms with E-state index in [2.05, 4.69) is 41.4 Å². The molecule has 0 radical (unpaired) electrons. The van der Waals surface area contributed by atoms with Crippen LogP contribution in [0.3, 0.4) is 0 Å². The second-order valence-corrected chi connectivity index (χ2v) is 7.64. The van der Waals surface area contributed by atoms with Crippen molar-refractivity contribution >= 4 is 16.7 Å². The highest BCUT2D eigenvalue weighted by Crippen LogP contribution is 2.28. The summed E-state index contributed by atoms with van der Waals surface area (Å²) >= 11 is 0. The highest BCUT2D eigenvalue weighted by Gasteiger charge is 2.31. The number of piperidine rings is 1. The Kier molecular flexibility index (Phi) is 5.40. The summed E-state index contributed by atoms with van der Waals surface area (Å²) in [5, 5.41) is 15.1. The lowest BCUT2D eigenvalue weighted by atomic mass is 9.83. The average Bonchev–Trinajstić information content (AvgIpc) is 2.61. The fourth-order valence-electron chi connectivity index (χ4n) is 3.89. The highest BCUT2D eigenvalue weighted by molar-refractivity contribution is 5.87. The first-order chi connectivity index (χ1) is 12.0. The van der Waals surface area contributed by atoms with Gasteiger partial charge >= 0.3 is 0 Å². The van der Waals surface area contributed by atoms with Gasteiger partial charge in [0.05, 0.1) is 12.6 Å². The van der Waals surface area contributed by atoms with Gasteiger partial charge in [-0.3, -0.25) is 9.69 Å². The summed E-state index contributed by atoms with van der Waals surface area (Å²) in [4.78, 5) is 14.7. The molecule has 1 aliphatic heterocycles. The van der Waals surface area contributed by atoms with E-state index in [0.29, 0.717) is 6.54 Å². The van der Waals surface area contributed by atoms with Crippen LogP contribution in [0.5, 0.6) is 0 Å². The summed E-state index contributed by atoms with van der Waals surface area (Å²) in [5.74, 6) is 0.0441. The maximum atomic E-state index is 12.5. The standard InChI is InChI=1S/C21H28N2O2/c1-16(18-10-5-8-17-7-3-4-9-19(17)18)22-20(25)13-23-12-6-11-21(2,14-23)15-24/h3-5,7-10,16,24H,6,11-15H2,1-2H3,(H,22,25). The van der Waals surface area contributed by atoms with Crippen molar-refractivity contribution in [2.45, 2.75) is 32.7 Å². The van der Waals surface area contributed by atoms with Gasteiger partial charge in [0.25, 0.3) is 0 Å². The molecule has 2 unspecified atom stereocenters. The summed E-state index contributed by atoms with van der Waals surface area (Å²) in [7, 11) is 0. The van der Waals surface area contributed by atoms with Gasteiger partial charge in [0.2, 0.25) is 5.91 Å². The summed E-state index contributed by atoms with van der Waals surface area (Å²) in [6, 6.07) is 14.4. The molecule has 0 bridgehead atoms. The van der Waals surface area contributed by atoms with Crippen molar-refractivity contribution in [3.05, 3.63) is 48.0 Å². The Morgan fingerprint density at radius 3 is 2.84 bits per heavy atom. The van der Waals surface area contributed by atoms with Crippen molar-refractivity contribution in [1.29, 1.82) is 0 Å². The molecule has 25 heavy (non-hydrogen) atoms. The number of rotatable bonds is 5. The van der Waals surface area contributed by atoms with Gasteiger partial charge in [0.1, 0.15) is 0 Å². The van der Waals surface area contributed by atoms with Gasteiger partial charge in [-0.15, -0.1) is 0 Å². The Bertz CT molecular complexity index is 740. The number of amides is 1. The van der Waals surface area contributed by atoms with Gasteiger partial charge < -0.3 is 10.4 Å². The molecule has 2 atom stereocenters. The Labute approximate surface area is 149 Å². The number of hydrogen-bond acceptors (Lipinski definition) is 3. The molecule has 1 heterocycles. The third-order valence-electron chi connectivity index (χ3n) is 5.28. The number of hydrogen-bond donors (Lipinski definition) is 2. The van der Waals surface area contributed by atoms with Crippen LogP contribution in [0.2, 0.25) is 0 Å². The van der Waals surface area contributed by atoms with Gasteiger partial charge in [-0.05, 0) is 42.6 Å². The van der Waals surface area contributed by atoms with Crippen LogP contribution < -0.4 is 5.32 Å². The normalized spacial score (nSPS) is 22.7. The molecular formula is C21H28N2O2. The predicted octanol–water partition coefficient (Wildman–Crippen LogP) is 3.11. The fraction of sp³-hybridized carbons (Fsp3) is 0.476. The Balaban J connectivity index is 1.64. The third kappa shape index (κ3) is 4.20. The lowest BCUT2D eigenvalue weighted by Gasteiger charge is -2.39. The topological polar surface area (TPSA) is 52.6 Å². The third-order valence-corrected chi connectivity index (χ3v) is 5.28. The van der Waals surface area contributed by atoms with E-state index in [9.17, 15) is 9.90 Å². The van der Waals surface area contributed by atoms with Crippen LogP contribution in [0.25, 0.3) is 10.8 Å². The number of carbonyl (C=O) groups excluding carboxylic acids is 1. The zero-order chi connectivity index (χ0) is 17.9. The lowest BCUT2D eigenvalue weighted by Crippen LogP contribution is -2.47. The van der Waals surface area contributed by atoms with E-state index in [-0.39, 0.29) is 24.0 Å². The Hall–Kier alpha value is -1.91. The quantitative estimate of drug-likeness (QED) is 0.879. The number of nitrogens with zero attached hydrogens (tertiary/aromatic N) is 1. The number of benzene rings is 2. The van der Waals surface area contributed by atoms with Crippen molar-refractivity contribution in [2.24, 2.45) is 5.41 Å². The zero-order valence-corrected chi connectivity index (χ0v) is 15.2. The SMILES string of the molecule is CC(NC(=O)CN1CCCC(C)(CO)C1)c1cccc2ccccc12.